The first-order valence-corrected chi connectivity index (χ1v) is 8.08. The summed E-state index contributed by atoms with van der Waals surface area (Å²) in [6.07, 6.45) is 6.70. The van der Waals surface area contributed by atoms with E-state index in [1.165, 1.54) is 32.1 Å². The van der Waals surface area contributed by atoms with Gasteiger partial charge in [0.25, 0.3) is 0 Å². The Hall–Kier alpha value is -1.59. The van der Waals surface area contributed by atoms with Gasteiger partial charge in [-0.1, -0.05) is 19.3 Å². The van der Waals surface area contributed by atoms with Crippen LogP contribution in [0.5, 0.6) is 6.01 Å². The van der Waals surface area contributed by atoms with E-state index >= 15 is 0 Å². The lowest BCUT2D eigenvalue weighted by Crippen LogP contribution is -2.19. The van der Waals surface area contributed by atoms with Crippen LogP contribution in [0.2, 0.25) is 0 Å². The highest BCUT2D eigenvalue weighted by molar-refractivity contribution is 5.35. The third-order valence-corrected chi connectivity index (χ3v) is 3.56. The summed E-state index contributed by atoms with van der Waals surface area (Å²) in [4.78, 5) is 13.0. The molecule has 0 saturated heterocycles. The number of hydrogen-bond donors (Lipinski definition) is 2. The van der Waals surface area contributed by atoms with Crippen molar-refractivity contribution in [2.24, 2.45) is 5.92 Å². The van der Waals surface area contributed by atoms with Crippen LogP contribution in [0.4, 0.5) is 11.9 Å². The molecule has 0 amide bonds. The summed E-state index contributed by atoms with van der Waals surface area (Å²) in [6, 6.07) is 0.377. The lowest BCUT2D eigenvalue weighted by atomic mass is 9.89. The molecule has 6 heteroatoms. The molecule has 0 atom stereocenters. The maximum absolute atomic E-state index is 5.59. The molecule has 2 N–H and O–H groups in total. The van der Waals surface area contributed by atoms with Crippen LogP contribution < -0.4 is 15.4 Å². The lowest BCUT2D eigenvalue weighted by molar-refractivity contribution is 0.222. The van der Waals surface area contributed by atoms with Crippen molar-refractivity contribution in [2.45, 2.75) is 59.0 Å². The number of ether oxygens (including phenoxy) is 1. The minimum Gasteiger partial charge on any atom is -0.461 e. The molecule has 1 aliphatic carbocycles. The molecule has 1 aromatic rings. The second-order valence-corrected chi connectivity index (χ2v) is 5.85. The zero-order valence-electron chi connectivity index (χ0n) is 13.4. The largest absolute Gasteiger partial charge is 0.461 e. The molecule has 118 valence electrons. The molecular weight excluding hydrogens is 266 g/mol. The normalized spacial score (nSPS) is 16.0. The highest BCUT2D eigenvalue weighted by Crippen LogP contribution is 2.23. The minimum atomic E-state index is 0.0491. The molecule has 0 radical (unpaired) electrons. The molecule has 1 heterocycles. The smallest absolute Gasteiger partial charge is 0.323 e. The fourth-order valence-electron chi connectivity index (χ4n) is 2.56. The van der Waals surface area contributed by atoms with Crippen LogP contribution in [0.15, 0.2) is 0 Å². The Bertz CT molecular complexity index is 432. The molecule has 0 spiro atoms. The highest BCUT2D eigenvalue weighted by atomic mass is 16.5. The second kappa shape index (κ2) is 8.00. The van der Waals surface area contributed by atoms with Crippen molar-refractivity contribution in [3.05, 3.63) is 0 Å². The van der Waals surface area contributed by atoms with Crippen molar-refractivity contribution >= 4 is 11.9 Å². The molecule has 1 aromatic heterocycles. The molecule has 2 rings (SSSR count). The van der Waals surface area contributed by atoms with Crippen molar-refractivity contribution in [1.82, 2.24) is 15.0 Å². The van der Waals surface area contributed by atoms with Crippen LogP contribution in [-0.2, 0) is 0 Å². The van der Waals surface area contributed by atoms with E-state index in [0.717, 1.165) is 19.0 Å². The third-order valence-electron chi connectivity index (χ3n) is 3.56. The Labute approximate surface area is 127 Å². The van der Waals surface area contributed by atoms with Crippen molar-refractivity contribution in [2.75, 3.05) is 23.7 Å². The molecule has 0 aliphatic heterocycles. The van der Waals surface area contributed by atoms with E-state index in [9.17, 15) is 0 Å². The van der Waals surface area contributed by atoms with Crippen molar-refractivity contribution in [3.63, 3.8) is 0 Å². The number of aromatic nitrogens is 3. The maximum atomic E-state index is 5.59. The van der Waals surface area contributed by atoms with E-state index in [1.807, 2.05) is 20.8 Å². The summed E-state index contributed by atoms with van der Waals surface area (Å²) >= 11 is 0. The first-order chi connectivity index (χ1) is 10.2. The average molecular weight is 293 g/mol. The van der Waals surface area contributed by atoms with Crippen molar-refractivity contribution in [1.29, 1.82) is 0 Å². The van der Waals surface area contributed by atoms with Crippen molar-refractivity contribution < 1.29 is 4.74 Å². The number of nitrogens with one attached hydrogen (secondary N) is 2. The van der Waals surface area contributed by atoms with Crippen LogP contribution in [0, 0.1) is 5.92 Å². The minimum absolute atomic E-state index is 0.0491. The average Bonchev–Trinajstić information content (AvgIpc) is 2.46. The predicted molar refractivity (Wildman–Crippen MR) is 84.8 cm³/mol. The predicted octanol–water partition coefficient (Wildman–Crippen LogP) is 3.08. The topological polar surface area (TPSA) is 72.0 Å². The van der Waals surface area contributed by atoms with Gasteiger partial charge in [0.1, 0.15) is 0 Å². The van der Waals surface area contributed by atoms with Gasteiger partial charge in [0.2, 0.25) is 11.9 Å². The van der Waals surface area contributed by atoms with Gasteiger partial charge in [-0.25, -0.2) is 0 Å². The molecule has 1 fully saturated rings. The molecule has 6 nitrogen and oxygen atoms in total. The lowest BCUT2D eigenvalue weighted by Gasteiger charge is -2.21. The molecule has 0 unspecified atom stereocenters. The van der Waals surface area contributed by atoms with Crippen molar-refractivity contribution in [3.8, 4) is 6.01 Å². The molecule has 1 saturated carbocycles. The van der Waals surface area contributed by atoms with E-state index in [-0.39, 0.29) is 6.10 Å². The molecule has 0 aromatic carbocycles. The van der Waals surface area contributed by atoms with Gasteiger partial charge in [-0.3, -0.25) is 0 Å². The summed E-state index contributed by atoms with van der Waals surface area (Å²) < 4.78 is 5.59. The SMILES string of the molecule is CCNc1nc(NCC2CCCCC2)nc(OC(C)C)n1. The molecular formula is C15H27N5O. The second-order valence-electron chi connectivity index (χ2n) is 5.85. The van der Waals surface area contributed by atoms with Crippen LogP contribution in [0.25, 0.3) is 0 Å². The van der Waals surface area contributed by atoms with Crippen LogP contribution in [0.3, 0.4) is 0 Å². The Kier molecular flexibility index (Phi) is 6.02. The van der Waals surface area contributed by atoms with Gasteiger partial charge >= 0.3 is 6.01 Å². The highest BCUT2D eigenvalue weighted by Gasteiger charge is 2.14. The van der Waals surface area contributed by atoms with E-state index < -0.39 is 0 Å². The molecule has 1 aliphatic rings. The molecule has 0 bridgehead atoms. The standard InChI is InChI=1S/C15H27N5O/c1-4-16-13-18-14(20-15(19-13)21-11(2)3)17-10-12-8-6-5-7-9-12/h11-12H,4-10H2,1-3H3,(H2,16,17,18,19,20). The van der Waals surface area contributed by atoms with Gasteiger partial charge in [0.15, 0.2) is 0 Å². The van der Waals surface area contributed by atoms with Crippen LogP contribution in [0.1, 0.15) is 52.9 Å². The van der Waals surface area contributed by atoms with Gasteiger partial charge in [-0.05, 0) is 39.5 Å². The third kappa shape index (κ3) is 5.36. The van der Waals surface area contributed by atoms with E-state index in [4.69, 9.17) is 4.74 Å². The first kappa shape index (κ1) is 15.8. The summed E-state index contributed by atoms with van der Waals surface area (Å²) in [7, 11) is 0. The fourth-order valence-corrected chi connectivity index (χ4v) is 2.56. The van der Waals surface area contributed by atoms with Gasteiger partial charge < -0.3 is 15.4 Å². The van der Waals surface area contributed by atoms with Crippen LogP contribution in [-0.4, -0.2) is 34.1 Å². The Morgan fingerprint density at radius 2 is 1.71 bits per heavy atom. The van der Waals surface area contributed by atoms with Crippen LogP contribution >= 0.6 is 0 Å². The fraction of sp³-hybridized carbons (Fsp3) is 0.800. The summed E-state index contributed by atoms with van der Waals surface area (Å²) in [6.45, 7) is 7.64. The summed E-state index contributed by atoms with van der Waals surface area (Å²) in [5.74, 6) is 1.89. The zero-order chi connectivity index (χ0) is 15.1. The van der Waals surface area contributed by atoms with E-state index in [0.29, 0.717) is 17.9 Å². The van der Waals surface area contributed by atoms with Gasteiger partial charge in [-0.15, -0.1) is 0 Å². The summed E-state index contributed by atoms with van der Waals surface area (Å²) in [5.41, 5.74) is 0. The molecule has 21 heavy (non-hydrogen) atoms. The summed E-state index contributed by atoms with van der Waals surface area (Å²) in [5, 5.41) is 6.46. The van der Waals surface area contributed by atoms with Gasteiger partial charge in [-0.2, -0.15) is 15.0 Å². The van der Waals surface area contributed by atoms with E-state index in [1.54, 1.807) is 0 Å². The zero-order valence-corrected chi connectivity index (χ0v) is 13.4. The van der Waals surface area contributed by atoms with Gasteiger partial charge in [0, 0.05) is 13.1 Å². The maximum Gasteiger partial charge on any atom is 0.323 e. The first-order valence-electron chi connectivity index (χ1n) is 8.08. The quantitative estimate of drug-likeness (QED) is 0.805. The monoisotopic (exact) mass is 293 g/mol. The number of hydrogen-bond acceptors (Lipinski definition) is 6. The van der Waals surface area contributed by atoms with E-state index in [2.05, 4.69) is 25.6 Å². The van der Waals surface area contributed by atoms with Gasteiger partial charge in [0.05, 0.1) is 6.10 Å². The Morgan fingerprint density at radius 3 is 2.33 bits per heavy atom. The number of rotatable bonds is 7. The number of anilines is 2. The Balaban J connectivity index is 2.00. The number of nitrogens with zero attached hydrogens (tertiary/aromatic N) is 3. The Morgan fingerprint density at radius 1 is 1.05 bits per heavy atom.